The van der Waals surface area contributed by atoms with Crippen molar-refractivity contribution >= 4 is 11.6 Å². The number of nitrogens with zero attached hydrogens (tertiary/aromatic N) is 3. The zero-order valence-electron chi connectivity index (χ0n) is 19.4. The summed E-state index contributed by atoms with van der Waals surface area (Å²) >= 11 is 0. The Balaban J connectivity index is 1.56. The Morgan fingerprint density at radius 3 is 2.59 bits per heavy atom. The molecule has 2 aromatic rings. The molecule has 0 saturated carbocycles. The number of ether oxygens (including phenoxy) is 1. The minimum Gasteiger partial charge on any atom is -0.492 e. The number of hydrogen-bond acceptors (Lipinski definition) is 4. The number of hydrogen-bond donors (Lipinski definition) is 2. The summed E-state index contributed by atoms with van der Waals surface area (Å²) in [6.45, 7) is 7.78. The highest BCUT2D eigenvalue weighted by atomic mass is 19.1. The standard InChI is InChI=1S/C25H35FN4O2/c1-4-27-25(29(3)15-16-32-22-8-5-19(2)6-9-22)28-18-20-7-10-24(23(26)17-20)30-13-11-21(31)12-14-30/h5-10,17,21,31H,4,11-16,18H2,1-3H3,(H,27,28). The molecule has 1 fully saturated rings. The molecule has 0 amide bonds. The number of aliphatic imine (C=N–C) groups is 1. The quantitative estimate of drug-likeness (QED) is 0.484. The number of rotatable bonds is 8. The number of anilines is 1. The van der Waals surface area contributed by atoms with E-state index in [2.05, 4.69) is 17.2 Å². The number of likely N-dealkylation sites (N-methyl/N-ethyl adjacent to an activating group) is 1. The Hall–Kier alpha value is -2.80. The molecule has 3 rings (SSSR count). The monoisotopic (exact) mass is 442 g/mol. The van der Waals surface area contributed by atoms with Gasteiger partial charge < -0.3 is 25.0 Å². The van der Waals surface area contributed by atoms with E-state index in [0.717, 1.165) is 23.8 Å². The number of aliphatic hydroxyl groups excluding tert-OH is 1. The molecule has 1 saturated heterocycles. The smallest absolute Gasteiger partial charge is 0.194 e. The van der Waals surface area contributed by atoms with Gasteiger partial charge in [-0.3, -0.25) is 0 Å². The van der Waals surface area contributed by atoms with Crippen LogP contribution in [0.3, 0.4) is 0 Å². The molecule has 0 unspecified atom stereocenters. The molecule has 2 N–H and O–H groups in total. The van der Waals surface area contributed by atoms with Crippen molar-refractivity contribution < 1.29 is 14.2 Å². The van der Waals surface area contributed by atoms with Crippen molar-refractivity contribution in [2.45, 2.75) is 39.3 Å². The molecule has 1 aliphatic heterocycles. The van der Waals surface area contributed by atoms with E-state index in [4.69, 9.17) is 4.74 Å². The van der Waals surface area contributed by atoms with Crippen LogP contribution in [-0.2, 0) is 6.54 Å². The number of nitrogens with one attached hydrogen (secondary N) is 1. The largest absolute Gasteiger partial charge is 0.492 e. The Labute approximate surface area is 190 Å². The van der Waals surface area contributed by atoms with Crippen molar-refractivity contribution in [3.63, 3.8) is 0 Å². The molecular formula is C25H35FN4O2. The Morgan fingerprint density at radius 2 is 1.94 bits per heavy atom. The van der Waals surface area contributed by atoms with Gasteiger partial charge in [-0.25, -0.2) is 9.38 Å². The number of aryl methyl sites for hydroxylation is 1. The molecule has 7 heteroatoms. The van der Waals surface area contributed by atoms with Crippen LogP contribution in [0.25, 0.3) is 0 Å². The third-order valence-corrected chi connectivity index (χ3v) is 5.64. The van der Waals surface area contributed by atoms with Crippen LogP contribution in [0.2, 0.25) is 0 Å². The lowest BCUT2D eigenvalue weighted by atomic mass is 10.1. The van der Waals surface area contributed by atoms with Gasteiger partial charge in [0.1, 0.15) is 18.2 Å². The third kappa shape index (κ3) is 6.85. The van der Waals surface area contributed by atoms with E-state index in [1.165, 1.54) is 5.56 Å². The maximum atomic E-state index is 14.7. The molecule has 0 radical (unpaired) electrons. The van der Waals surface area contributed by atoms with Crippen molar-refractivity contribution in [2.75, 3.05) is 44.7 Å². The molecule has 1 aliphatic rings. The van der Waals surface area contributed by atoms with Crippen LogP contribution in [0.5, 0.6) is 5.75 Å². The summed E-state index contributed by atoms with van der Waals surface area (Å²) in [5.74, 6) is 1.37. The van der Waals surface area contributed by atoms with Gasteiger partial charge in [-0.05, 0) is 56.5 Å². The van der Waals surface area contributed by atoms with Gasteiger partial charge in [-0.1, -0.05) is 23.8 Å². The van der Waals surface area contributed by atoms with Crippen LogP contribution >= 0.6 is 0 Å². The predicted molar refractivity (Wildman–Crippen MR) is 128 cm³/mol. The van der Waals surface area contributed by atoms with E-state index >= 15 is 0 Å². The Bertz CT molecular complexity index is 880. The summed E-state index contributed by atoms with van der Waals surface area (Å²) in [4.78, 5) is 8.69. The van der Waals surface area contributed by atoms with Crippen LogP contribution in [0.1, 0.15) is 30.9 Å². The summed E-state index contributed by atoms with van der Waals surface area (Å²) in [5.41, 5.74) is 2.63. The average molecular weight is 443 g/mol. The Kier molecular flexibility index (Phi) is 8.73. The summed E-state index contributed by atoms with van der Waals surface area (Å²) in [6.07, 6.45) is 1.08. The molecule has 0 atom stereocenters. The normalized spacial score (nSPS) is 15.0. The van der Waals surface area contributed by atoms with Gasteiger partial charge in [0.25, 0.3) is 0 Å². The van der Waals surface area contributed by atoms with E-state index in [1.54, 1.807) is 6.07 Å². The minimum absolute atomic E-state index is 0.237. The predicted octanol–water partition coefficient (Wildman–Crippen LogP) is 3.57. The highest BCUT2D eigenvalue weighted by molar-refractivity contribution is 5.79. The van der Waals surface area contributed by atoms with Crippen LogP contribution < -0.4 is 15.0 Å². The first kappa shape index (κ1) is 23.9. The fourth-order valence-electron chi connectivity index (χ4n) is 3.69. The molecule has 1 heterocycles. The van der Waals surface area contributed by atoms with Gasteiger partial charge in [-0.15, -0.1) is 0 Å². The highest BCUT2D eigenvalue weighted by Crippen LogP contribution is 2.24. The molecule has 0 spiro atoms. The average Bonchev–Trinajstić information content (AvgIpc) is 2.78. The molecule has 0 bridgehead atoms. The van der Waals surface area contributed by atoms with Gasteiger partial charge in [0.2, 0.25) is 0 Å². The number of halogens is 1. The molecule has 6 nitrogen and oxygen atoms in total. The second kappa shape index (κ2) is 11.7. The molecule has 0 aromatic heterocycles. The van der Waals surface area contributed by atoms with Gasteiger partial charge in [-0.2, -0.15) is 0 Å². The van der Waals surface area contributed by atoms with Crippen LogP contribution in [0.15, 0.2) is 47.5 Å². The zero-order valence-corrected chi connectivity index (χ0v) is 19.4. The summed E-state index contributed by atoms with van der Waals surface area (Å²) in [7, 11) is 1.97. The van der Waals surface area contributed by atoms with Crippen LogP contribution in [0.4, 0.5) is 10.1 Å². The van der Waals surface area contributed by atoms with E-state index in [0.29, 0.717) is 51.3 Å². The maximum absolute atomic E-state index is 14.7. The first-order chi connectivity index (χ1) is 15.5. The first-order valence-corrected chi connectivity index (χ1v) is 11.4. The lowest BCUT2D eigenvalue weighted by Gasteiger charge is -2.31. The van der Waals surface area contributed by atoms with Gasteiger partial charge in [0.15, 0.2) is 5.96 Å². The Morgan fingerprint density at radius 1 is 1.22 bits per heavy atom. The van der Waals surface area contributed by atoms with Crippen LogP contribution in [0, 0.1) is 12.7 Å². The molecule has 174 valence electrons. The maximum Gasteiger partial charge on any atom is 0.194 e. The van der Waals surface area contributed by atoms with E-state index in [-0.39, 0.29) is 11.9 Å². The third-order valence-electron chi connectivity index (χ3n) is 5.64. The van der Waals surface area contributed by atoms with Crippen molar-refractivity contribution in [1.82, 2.24) is 10.2 Å². The summed E-state index contributed by atoms with van der Waals surface area (Å²) in [5, 5.41) is 13.0. The number of aliphatic hydroxyl groups is 1. The SMILES string of the molecule is CCNC(=NCc1ccc(N2CCC(O)CC2)c(F)c1)N(C)CCOc1ccc(C)cc1. The number of guanidine groups is 1. The molecule has 0 aliphatic carbocycles. The fraction of sp³-hybridized carbons (Fsp3) is 0.480. The van der Waals surface area contributed by atoms with Gasteiger partial charge >= 0.3 is 0 Å². The first-order valence-electron chi connectivity index (χ1n) is 11.4. The number of piperidine rings is 1. The lowest BCUT2D eigenvalue weighted by molar-refractivity contribution is 0.145. The molecular weight excluding hydrogens is 407 g/mol. The molecule has 32 heavy (non-hydrogen) atoms. The number of benzene rings is 2. The minimum atomic E-state index is -0.272. The van der Waals surface area contributed by atoms with Crippen molar-refractivity contribution in [1.29, 1.82) is 0 Å². The van der Waals surface area contributed by atoms with Crippen LogP contribution in [-0.4, -0.2) is 61.9 Å². The zero-order chi connectivity index (χ0) is 22.9. The topological polar surface area (TPSA) is 60.3 Å². The summed E-state index contributed by atoms with van der Waals surface area (Å²) < 4.78 is 20.5. The van der Waals surface area contributed by atoms with Crippen molar-refractivity contribution in [3.8, 4) is 5.75 Å². The van der Waals surface area contributed by atoms with E-state index in [1.807, 2.05) is 60.2 Å². The van der Waals surface area contributed by atoms with E-state index < -0.39 is 0 Å². The van der Waals surface area contributed by atoms with Gasteiger partial charge in [0, 0.05) is 26.7 Å². The van der Waals surface area contributed by atoms with Crippen molar-refractivity contribution in [2.24, 2.45) is 4.99 Å². The van der Waals surface area contributed by atoms with Crippen molar-refractivity contribution in [3.05, 3.63) is 59.4 Å². The second-order valence-corrected chi connectivity index (χ2v) is 8.26. The second-order valence-electron chi connectivity index (χ2n) is 8.26. The summed E-state index contributed by atoms with van der Waals surface area (Å²) in [6, 6.07) is 13.3. The van der Waals surface area contributed by atoms with Gasteiger partial charge in [0.05, 0.1) is 24.9 Å². The van der Waals surface area contributed by atoms with E-state index in [9.17, 15) is 9.50 Å². The fourth-order valence-corrected chi connectivity index (χ4v) is 3.69. The molecule has 2 aromatic carbocycles. The highest BCUT2D eigenvalue weighted by Gasteiger charge is 2.19. The lowest BCUT2D eigenvalue weighted by Crippen LogP contribution is -2.40.